The van der Waals surface area contributed by atoms with Crippen molar-refractivity contribution < 1.29 is 13.9 Å². The van der Waals surface area contributed by atoms with Crippen LogP contribution in [0.5, 0.6) is 5.75 Å². The van der Waals surface area contributed by atoms with Crippen LogP contribution in [0.25, 0.3) is 0 Å². The molecular formula is C14H19FN2O2. The number of piperazine rings is 1. The summed E-state index contributed by atoms with van der Waals surface area (Å²) in [5, 5.41) is 0. The Kier molecular flexibility index (Phi) is 4.37. The standard InChI is InChI=1S/C14H19FN2O2/c1-3-16-6-8-17(9-7-16)14(18)12-10-11(15)4-5-13(12)19-2/h4-5,10H,3,6-9H2,1-2H3. The average Bonchev–Trinajstić information content (AvgIpc) is 2.46. The molecule has 104 valence electrons. The van der Waals surface area contributed by atoms with Crippen molar-refractivity contribution in [3.05, 3.63) is 29.6 Å². The molecule has 1 heterocycles. The Hall–Kier alpha value is -1.62. The summed E-state index contributed by atoms with van der Waals surface area (Å²) in [5.74, 6) is -0.159. The third kappa shape index (κ3) is 3.04. The van der Waals surface area contributed by atoms with Crippen LogP contribution in [-0.4, -0.2) is 55.5 Å². The van der Waals surface area contributed by atoms with Crippen molar-refractivity contribution in [2.24, 2.45) is 0 Å². The number of rotatable bonds is 3. The van der Waals surface area contributed by atoms with E-state index in [0.29, 0.717) is 24.4 Å². The number of carbonyl (C=O) groups is 1. The van der Waals surface area contributed by atoms with E-state index in [2.05, 4.69) is 11.8 Å². The fraction of sp³-hybridized carbons (Fsp3) is 0.500. The summed E-state index contributed by atoms with van der Waals surface area (Å²) in [6, 6.07) is 4.03. The molecule has 1 aromatic rings. The van der Waals surface area contributed by atoms with Gasteiger partial charge in [0.15, 0.2) is 0 Å². The van der Waals surface area contributed by atoms with Gasteiger partial charge < -0.3 is 14.5 Å². The van der Waals surface area contributed by atoms with Gasteiger partial charge in [-0.05, 0) is 24.7 Å². The van der Waals surface area contributed by atoms with Crippen molar-refractivity contribution in [3.63, 3.8) is 0 Å². The third-order valence-electron chi connectivity index (χ3n) is 3.50. The molecule has 0 N–H and O–H groups in total. The maximum Gasteiger partial charge on any atom is 0.257 e. The Morgan fingerprint density at radius 1 is 1.32 bits per heavy atom. The van der Waals surface area contributed by atoms with E-state index in [-0.39, 0.29) is 5.91 Å². The molecule has 0 unspecified atom stereocenters. The minimum absolute atomic E-state index is 0.160. The Morgan fingerprint density at radius 2 is 2.00 bits per heavy atom. The largest absolute Gasteiger partial charge is 0.496 e. The quantitative estimate of drug-likeness (QED) is 0.833. The first-order chi connectivity index (χ1) is 9.15. The molecule has 1 amide bonds. The van der Waals surface area contributed by atoms with E-state index in [4.69, 9.17) is 4.74 Å². The molecule has 0 spiro atoms. The Bertz CT molecular complexity index is 457. The van der Waals surface area contributed by atoms with E-state index in [9.17, 15) is 9.18 Å². The fourth-order valence-electron chi connectivity index (χ4n) is 2.28. The molecule has 0 aliphatic carbocycles. The fourth-order valence-corrected chi connectivity index (χ4v) is 2.28. The lowest BCUT2D eigenvalue weighted by Gasteiger charge is -2.34. The molecule has 0 aromatic heterocycles. The highest BCUT2D eigenvalue weighted by Gasteiger charge is 2.23. The predicted molar refractivity (Wildman–Crippen MR) is 71.0 cm³/mol. The van der Waals surface area contributed by atoms with Crippen molar-refractivity contribution in [3.8, 4) is 5.75 Å². The van der Waals surface area contributed by atoms with Gasteiger partial charge in [-0.25, -0.2) is 4.39 Å². The number of nitrogens with zero attached hydrogens (tertiary/aromatic N) is 2. The number of amides is 1. The van der Waals surface area contributed by atoms with E-state index in [1.807, 2.05) is 0 Å². The number of likely N-dealkylation sites (N-methyl/N-ethyl adjacent to an activating group) is 1. The SMILES string of the molecule is CCN1CCN(C(=O)c2cc(F)ccc2OC)CC1. The van der Waals surface area contributed by atoms with Crippen LogP contribution in [0.3, 0.4) is 0 Å². The maximum absolute atomic E-state index is 13.3. The molecule has 2 rings (SSSR count). The molecule has 4 nitrogen and oxygen atoms in total. The van der Waals surface area contributed by atoms with Crippen molar-refractivity contribution in [2.75, 3.05) is 39.8 Å². The molecule has 1 aliphatic heterocycles. The third-order valence-corrected chi connectivity index (χ3v) is 3.50. The van der Waals surface area contributed by atoms with Crippen molar-refractivity contribution in [2.45, 2.75) is 6.92 Å². The van der Waals surface area contributed by atoms with Crippen LogP contribution < -0.4 is 4.74 Å². The zero-order valence-electron chi connectivity index (χ0n) is 11.4. The van der Waals surface area contributed by atoms with E-state index in [1.54, 1.807) is 4.90 Å². The van der Waals surface area contributed by atoms with Crippen LogP contribution in [0, 0.1) is 5.82 Å². The molecule has 1 aliphatic rings. The maximum atomic E-state index is 13.3. The lowest BCUT2D eigenvalue weighted by atomic mass is 10.1. The predicted octanol–water partition coefficient (Wildman–Crippen LogP) is 1.61. The van der Waals surface area contributed by atoms with Gasteiger partial charge in [0.2, 0.25) is 0 Å². The topological polar surface area (TPSA) is 32.8 Å². The molecule has 1 saturated heterocycles. The number of halogens is 1. The highest BCUT2D eigenvalue weighted by atomic mass is 19.1. The van der Waals surface area contributed by atoms with Crippen LogP contribution in [0.2, 0.25) is 0 Å². The van der Waals surface area contributed by atoms with E-state index >= 15 is 0 Å². The molecule has 1 aromatic carbocycles. The summed E-state index contributed by atoms with van der Waals surface area (Å²) in [4.78, 5) is 16.4. The second kappa shape index (κ2) is 6.02. The van der Waals surface area contributed by atoms with Gasteiger partial charge in [0.1, 0.15) is 11.6 Å². The van der Waals surface area contributed by atoms with E-state index in [1.165, 1.54) is 25.3 Å². The molecule has 0 atom stereocenters. The molecule has 0 bridgehead atoms. The summed E-state index contributed by atoms with van der Waals surface area (Å²) in [5.41, 5.74) is 0.299. The normalized spacial score (nSPS) is 16.5. The average molecular weight is 266 g/mol. The molecule has 19 heavy (non-hydrogen) atoms. The van der Waals surface area contributed by atoms with Gasteiger partial charge in [-0.3, -0.25) is 4.79 Å². The minimum atomic E-state index is -0.420. The first-order valence-electron chi connectivity index (χ1n) is 6.51. The minimum Gasteiger partial charge on any atom is -0.496 e. The number of hydrogen-bond acceptors (Lipinski definition) is 3. The Morgan fingerprint density at radius 3 is 2.58 bits per heavy atom. The monoisotopic (exact) mass is 266 g/mol. The van der Waals surface area contributed by atoms with Crippen LogP contribution in [0.1, 0.15) is 17.3 Å². The van der Waals surface area contributed by atoms with Crippen LogP contribution in [0.15, 0.2) is 18.2 Å². The first kappa shape index (κ1) is 13.8. The van der Waals surface area contributed by atoms with Gasteiger partial charge in [0.05, 0.1) is 12.7 Å². The summed E-state index contributed by atoms with van der Waals surface area (Å²) < 4.78 is 18.4. The van der Waals surface area contributed by atoms with Crippen LogP contribution in [0.4, 0.5) is 4.39 Å². The zero-order chi connectivity index (χ0) is 13.8. The van der Waals surface area contributed by atoms with E-state index < -0.39 is 5.82 Å². The first-order valence-corrected chi connectivity index (χ1v) is 6.51. The highest BCUT2D eigenvalue weighted by Crippen LogP contribution is 2.21. The van der Waals surface area contributed by atoms with Crippen molar-refractivity contribution >= 4 is 5.91 Å². The Labute approximate surface area is 112 Å². The number of methoxy groups -OCH3 is 1. The lowest BCUT2D eigenvalue weighted by molar-refractivity contribution is 0.0639. The summed E-state index contributed by atoms with van der Waals surface area (Å²) in [6.45, 7) is 6.16. The molecular weight excluding hydrogens is 247 g/mol. The van der Waals surface area contributed by atoms with E-state index in [0.717, 1.165) is 19.6 Å². The summed E-state index contributed by atoms with van der Waals surface area (Å²) in [6.07, 6.45) is 0. The van der Waals surface area contributed by atoms with Gasteiger partial charge in [0.25, 0.3) is 5.91 Å². The molecule has 0 radical (unpaired) electrons. The van der Waals surface area contributed by atoms with Gasteiger partial charge >= 0.3 is 0 Å². The number of ether oxygens (including phenoxy) is 1. The second-order valence-electron chi connectivity index (χ2n) is 4.57. The second-order valence-corrected chi connectivity index (χ2v) is 4.57. The van der Waals surface area contributed by atoms with Crippen LogP contribution in [-0.2, 0) is 0 Å². The Balaban J connectivity index is 2.14. The number of benzene rings is 1. The van der Waals surface area contributed by atoms with Gasteiger partial charge in [0, 0.05) is 26.2 Å². The highest BCUT2D eigenvalue weighted by molar-refractivity contribution is 5.97. The van der Waals surface area contributed by atoms with Gasteiger partial charge in [-0.2, -0.15) is 0 Å². The smallest absolute Gasteiger partial charge is 0.257 e. The molecule has 5 heteroatoms. The van der Waals surface area contributed by atoms with Crippen molar-refractivity contribution in [1.82, 2.24) is 9.80 Å². The molecule has 0 saturated carbocycles. The number of carbonyl (C=O) groups excluding carboxylic acids is 1. The van der Waals surface area contributed by atoms with Crippen LogP contribution >= 0.6 is 0 Å². The zero-order valence-corrected chi connectivity index (χ0v) is 11.4. The number of hydrogen-bond donors (Lipinski definition) is 0. The summed E-state index contributed by atoms with van der Waals surface area (Å²) >= 11 is 0. The summed E-state index contributed by atoms with van der Waals surface area (Å²) in [7, 11) is 1.49. The lowest BCUT2D eigenvalue weighted by Crippen LogP contribution is -2.48. The van der Waals surface area contributed by atoms with Gasteiger partial charge in [-0.15, -0.1) is 0 Å². The van der Waals surface area contributed by atoms with Gasteiger partial charge in [-0.1, -0.05) is 6.92 Å². The van der Waals surface area contributed by atoms with Crippen molar-refractivity contribution in [1.29, 1.82) is 0 Å². The molecule has 1 fully saturated rings.